The Labute approximate surface area is 169 Å². The molecule has 8 heteroatoms. The van der Waals surface area contributed by atoms with Crippen molar-refractivity contribution in [2.45, 2.75) is 77.1 Å². The number of hydrogen-bond acceptors (Lipinski definition) is 4. The number of thiazole rings is 1. The van der Waals surface area contributed by atoms with E-state index >= 15 is 0 Å². The van der Waals surface area contributed by atoms with Gasteiger partial charge in [0, 0.05) is 18.3 Å². The van der Waals surface area contributed by atoms with Crippen LogP contribution >= 0.6 is 11.3 Å². The van der Waals surface area contributed by atoms with Crippen LogP contribution in [-0.2, 0) is 6.42 Å². The van der Waals surface area contributed by atoms with Crippen LogP contribution < -0.4 is 4.74 Å². The highest BCUT2D eigenvalue weighted by molar-refractivity contribution is 7.11. The Morgan fingerprint density at radius 3 is 2.64 bits per heavy atom. The lowest BCUT2D eigenvalue weighted by Gasteiger charge is -2.26. The van der Waals surface area contributed by atoms with Crippen LogP contribution in [0.4, 0.5) is 17.6 Å². The van der Waals surface area contributed by atoms with Crippen molar-refractivity contribution in [1.29, 1.82) is 0 Å². The Morgan fingerprint density at radius 2 is 1.96 bits per heavy atom. The highest BCUT2D eigenvalue weighted by Gasteiger charge is 2.34. The first-order valence-corrected chi connectivity index (χ1v) is 11.2. The molecule has 162 valence electrons. The summed E-state index contributed by atoms with van der Waals surface area (Å²) in [5, 5.41) is 1.92. The van der Waals surface area contributed by atoms with E-state index in [9.17, 15) is 17.6 Å². The molecule has 1 aliphatic rings. The second-order valence-corrected chi connectivity index (χ2v) is 8.55. The van der Waals surface area contributed by atoms with Crippen molar-refractivity contribution in [3.8, 4) is 5.19 Å². The third-order valence-electron chi connectivity index (χ3n) is 5.19. The van der Waals surface area contributed by atoms with Crippen molar-refractivity contribution in [2.24, 2.45) is 5.92 Å². The zero-order chi connectivity index (χ0) is 20.4. The Balaban J connectivity index is 1.74. The van der Waals surface area contributed by atoms with Gasteiger partial charge in [-0.25, -0.2) is 22.5 Å². The molecule has 0 bridgehead atoms. The van der Waals surface area contributed by atoms with Gasteiger partial charge in [0.2, 0.25) is 6.43 Å². The molecule has 1 aromatic rings. The lowest BCUT2D eigenvalue weighted by Crippen LogP contribution is -2.29. The highest BCUT2D eigenvalue weighted by Crippen LogP contribution is 2.27. The summed E-state index contributed by atoms with van der Waals surface area (Å²) < 4.78 is 55.8. The van der Waals surface area contributed by atoms with Crippen molar-refractivity contribution >= 4 is 11.3 Å². The number of alkyl halides is 4. The molecule has 0 aromatic carbocycles. The Kier molecular flexibility index (Phi) is 9.99. The first kappa shape index (κ1) is 23.4. The number of aromatic nitrogens is 1. The van der Waals surface area contributed by atoms with Crippen molar-refractivity contribution < 1.29 is 22.3 Å². The van der Waals surface area contributed by atoms with Crippen LogP contribution in [0.15, 0.2) is 5.38 Å². The Bertz CT molecular complexity index is 550. The molecule has 0 saturated heterocycles. The lowest BCUT2D eigenvalue weighted by molar-refractivity contribution is -0.0819. The predicted octanol–water partition coefficient (Wildman–Crippen LogP) is 6.04. The van der Waals surface area contributed by atoms with Gasteiger partial charge in [0.15, 0.2) is 6.61 Å². The van der Waals surface area contributed by atoms with Gasteiger partial charge in [-0.3, -0.25) is 0 Å². The number of halogens is 4. The van der Waals surface area contributed by atoms with Gasteiger partial charge in [-0.2, -0.15) is 0 Å². The van der Waals surface area contributed by atoms with Gasteiger partial charge in [-0.15, -0.1) is 0 Å². The SMILES string of the molecule is CCCN(CCc1csc(OCC(F)(F)CC(F)F)n1)CCC1CCCCC1. The van der Waals surface area contributed by atoms with E-state index < -0.39 is 25.4 Å². The molecular formula is C20H32F4N2OS. The molecule has 1 aliphatic carbocycles. The molecule has 1 aromatic heterocycles. The fourth-order valence-electron chi connectivity index (χ4n) is 3.69. The third-order valence-corrected chi connectivity index (χ3v) is 5.99. The summed E-state index contributed by atoms with van der Waals surface area (Å²) >= 11 is 1.14. The summed E-state index contributed by atoms with van der Waals surface area (Å²) in [6, 6.07) is 0. The molecule has 1 fully saturated rings. The van der Waals surface area contributed by atoms with Gasteiger partial charge < -0.3 is 9.64 Å². The van der Waals surface area contributed by atoms with Crippen molar-refractivity contribution in [1.82, 2.24) is 9.88 Å². The fourth-order valence-corrected chi connectivity index (χ4v) is 4.39. The minimum absolute atomic E-state index is 0.119. The maximum Gasteiger partial charge on any atom is 0.286 e. The van der Waals surface area contributed by atoms with Crippen LogP contribution in [-0.4, -0.2) is 48.5 Å². The number of nitrogens with zero attached hydrogens (tertiary/aromatic N) is 2. The predicted molar refractivity (Wildman–Crippen MR) is 105 cm³/mol. The smallest absolute Gasteiger partial charge is 0.286 e. The number of rotatable bonds is 13. The maximum absolute atomic E-state index is 13.3. The molecule has 0 spiro atoms. The van der Waals surface area contributed by atoms with Gasteiger partial charge in [-0.1, -0.05) is 50.4 Å². The summed E-state index contributed by atoms with van der Waals surface area (Å²) in [7, 11) is 0. The third kappa shape index (κ3) is 9.07. The standard InChI is InChI=1S/C20H32F4N2OS/c1-2-10-26(11-8-16-6-4-3-5-7-16)12-9-17-14-28-19(25-17)27-15-20(23,24)13-18(21)22/h14,16,18H,2-13,15H2,1H3. The molecule has 3 nitrogen and oxygen atoms in total. The molecule has 2 rings (SSSR count). The van der Waals surface area contributed by atoms with Gasteiger partial charge in [-0.05, 0) is 31.8 Å². The fraction of sp³-hybridized carbons (Fsp3) is 0.850. The van der Waals surface area contributed by atoms with Crippen molar-refractivity contribution in [3.63, 3.8) is 0 Å². The molecule has 0 atom stereocenters. The average molecular weight is 425 g/mol. The molecule has 1 heterocycles. The van der Waals surface area contributed by atoms with E-state index in [-0.39, 0.29) is 5.19 Å². The van der Waals surface area contributed by atoms with E-state index in [2.05, 4.69) is 16.8 Å². The van der Waals surface area contributed by atoms with E-state index in [1.807, 2.05) is 0 Å². The van der Waals surface area contributed by atoms with E-state index in [0.29, 0.717) is 0 Å². The van der Waals surface area contributed by atoms with Crippen LogP contribution in [0.2, 0.25) is 0 Å². The van der Waals surface area contributed by atoms with Gasteiger partial charge in [0.05, 0.1) is 12.1 Å². The maximum atomic E-state index is 13.3. The molecule has 0 aliphatic heterocycles. The van der Waals surface area contributed by atoms with E-state index in [4.69, 9.17) is 4.74 Å². The number of hydrogen-bond donors (Lipinski definition) is 0. The van der Waals surface area contributed by atoms with Crippen molar-refractivity contribution in [2.75, 3.05) is 26.2 Å². The molecular weight excluding hydrogens is 392 g/mol. The molecule has 0 unspecified atom stereocenters. The quantitative estimate of drug-likeness (QED) is 0.361. The van der Waals surface area contributed by atoms with E-state index in [1.165, 1.54) is 38.5 Å². The van der Waals surface area contributed by atoms with Crippen LogP contribution in [0.25, 0.3) is 0 Å². The molecule has 1 saturated carbocycles. The number of ether oxygens (including phenoxy) is 1. The summed E-state index contributed by atoms with van der Waals surface area (Å²) in [6.45, 7) is 4.12. The van der Waals surface area contributed by atoms with Crippen LogP contribution in [0.3, 0.4) is 0 Å². The van der Waals surface area contributed by atoms with Gasteiger partial charge in [0.25, 0.3) is 11.1 Å². The topological polar surface area (TPSA) is 25.4 Å². The van der Waals surface area contributed by atoms with E-state index in [1.54, 1.807) is 5.38 Å². The largest absolute Gasteiger partial charge is 0.464 e. The molecule has 0 amide bonds. The zero-order valence-electron chi connectivity index (χ0n) is 16.6. The second kappa shape index (κ2) is 12.0. The molecule has 0 N–H and O–H groups in total. The summed E-state index contributed by atoms with van der Waals surface area (Å²) in [5.41, 5.74) is 0.802. The average Bonchev–Trinajstić information content (AvgIpc) is 3.10. The first-order valence-electron chi connectivity index (χ1n) is 10.3. The first-order chi connectivity index (χ1) is 13.4. The van der Waals surface area contributed by atoms with Crippen LogP contribution in [0, 0.1) is 5.92 Å². The van der Waals surface area contributed by atoms with Crippen LogP contribution in [0.1, 0.15) is 64.0 Å². The van der Waals surface area contributed by atoms with E-state index in [0.717, 1.165) is 55.4 Å². The van der Waals surface area contributed by atoms with Gasteiger partial charge >= 0.3 is 0 Å². The van der Waals surface area contributed by atoms with Crippen LogP contribution in [0.5, 0.6) is 5.19 Å². The monoisotopic (exact) mass is 424 g/mol. The lowest BCUT2D eigenvalue weighted by atomic mass is 9.87. The molecule has 28 heavy (non-hydrogen) atoms. The minimum atomic E-state index is -3.54. The second-order valence-electron chi connectivity index (χ2n) is 7.73. The highest BCUT2D eigenvalue weighted by atomic mass is 32.1. The zero-order valence-corrected chi connectivity index (χ0v) is 17.5. The Morgan fingerprint density at radius 1 is 1.21 bits per heavy atom. The summed E-state index contributed by atoms with van der Waals surface area (Å²) in [4.78, 5) is 6.67. The Hall–Kier alpha value is -0.890. The molecule has 0 radical (unpaired) electrons. The summed E-state index contributed by atoms with van der Waals surface area (Å²) in [6.07, 6.45) is 5.32. The summed E-state index contributed by atoms with van der Waals surface area (Å²) in [5.74, 6) is -2.70. The van der Waals surface area contributed by atoms with Crippen molar-refractivity contribution in [3.05, 3.63) is 11.1 Å². The van der Waals surface area contributed by atoms with Gasteiger partial charge in [0.1, 0.15) is 0 Å². The minimum Gasteiger partial charge on any atom is -0.464 e. The normalized spacial score (nSPS) is 16.2.